The second-order valence-electron chi connectivity index (χ2n) is 3.66. The first-order valence-corrected chi connectivity index (χ1v) is 4.35. The molecule has 0 aliphatic heterocycles. The van der Waals surface area contributed by atoms with Crippen molar-refractivity contribution < 1.29 is 19.4 Å². The number of ether oxygens (including phenoxy) is 1. The largest absolute Gasteiger partial charge is 0.480 e. The average Bonchev–Trinajstić information content (AvgIpc) is 2.14. The molecule has 6 nitrogen and oxygen atoms in total. The Hall–Kier alpha value is -1.61. The number of carboxylic acid groups (broad SMARTS) is 1. The lowest BCUT2D eigenvalue weighted by atomic mass is 9.96. The van der Waals surface area contributed by atoms with Gasteiger partial charge in [-0.3, -0.25) is 4.79 Å². The molecule has 0 saturated heterocycles. The number of nitrogens with zero attached hydrogens (tertiary/aromatic N) is 1. The smallest absolute Gasteiger partial charge is 0.329 e. The van der Waals surface area contributed by atoms with Crippen molar-refractivity contribution in [2.75, 3.05) is 19.8 Å². The quantitative estimate of drug-likeness (QED) is 0.635. The number of carbonyl (C=O) groups excluding carboxylic acids is 1. The Balaban J connectivity index is 3.68. The molecule has 2 N–H and O–H groups in total. The predicted molar refractivity (Wildman–Crippen MR) is 50.9 cm³/mol. The molecule has 0 rings (SSSR count). The minimum atomic E-state index is -1.12. The van der Waals surface area contributed by atoms with Crippen LogP contribution in [0.2, 0.25) is 0 Å². The van der Waals surface area contributed by atoms with E-state index in [1.54, 1.807) is 13.8 Å². The topological polar surface area (TPSA) is 99.4 Å². The van der Waals surface area contributed by atoms with Crippen molar-refractivity contribution in [2.24, 2.45) is 5.41 Å². The number of nitriles is 1. The van der Waals surface area contributed by atoms with Crippen LogP contribution < -0.4 is 5.32 Å². The average molecular weight is 214 g/mol. The molecular formula is C9H14N2O4. The monoisotopic (exact) mass is 214 g/mol. The molecule has 0 heterocycles. The molecule has 15 heavy (non-hydrogen) atoms. The number of hydrogen-bond donors (Lipinski definition) is 2. The van der Waals surface area contributed by atoms with Gasteiger partial charge in [0.05, 0.1) is 11.5 Å². The number of amides is 1. The third-order valence-corrected chi connectivity index (χ3v) is 1.49. The molecule has 0 aromatic carbocycles. The Morgan fingerprint density at radius 2 is 2.07 bits per heavy atom. The zero-order valence-electron chi connectivity index (χ0n) is 8.74. The molecule has 84 valence electrons. The number of hydrogen-bond acceptors (Lipinski definition) is 4. The minimum Gasteiger partial charge on any atom is -0.480 e. The summed E-state index contributed by atoms with van der Waals surface area (Å²) in [7, 11) is 0. The van der Waals surface area contributed by atoms with Crippen molar-refractivity contribution >= 4 is 11.9 Å². The molecule has 0 spiro atoms. The number of aliphatic carboxylic acids is 1. The maximum absolute atomic E-state index is 11.0. The van der Waals surface area contributed by atoms with E-state index in [1.165, 1.54) is 0 Å². The van der Waals surface area contributed by atoms with Crippen LogP contribution in [0.4, 0.5) is 0 Å². The van der Waals surface area contributed by atoms with E-state index in [1.807, 2.05) is 6.07 Å². The molecule has 0 saturated carbocycles. The highest BCUT2D eigenvalue weighted by Gasteiger charge is 2.17. The fourth-order valence-electron chi connectivity index (χ4n) is 0.641. The lowest BCUT2D eigenvalue weighted by Crippen LogP contribution is -2.35. The van der Waals surface area contributed by atoms with Gasteiger partial charge in [-0.2, -0.15) is 5.26 Å². The van der Waals surface area contributed by atoms with Crippen LogP contribution in [0.1, 0.15) is 13.8 Å². The van der Waals surface area contributed by atoms with Gasteiger partial charge in [-0.25, -0.2) is 4.79 Å². The molecule has 0 fully saturated rings. The van der Waals surface area contributed by atoms with Crippen LogP contribution in [0.15, 0.2) is 0 Å². The fraction of sp³-hybridized carbons (Fsp3) is 0.667. The first-order valence-electron chi connectivity index (χ1n) is 4.35. The third-order valence-electron chi connectivity index (χ3n) is 1.49. The van der Waals surface area contributed by atoms with E-state index in [0.717, 1.165) is 0 Å². The van der Waals surface area contributed by atoms with Gasteiger partial charge in [0.1, 0.15) is 13.2 Å². The maximum atomic E-state index is 11.0. The van der Waals surface area contributed by atoms with Gasteiger partial charge in [0.2, 0.25) is 5.91 Å². The molecule has 0 aromatic rings. The van der Waals surface area contributed by atoms with E-state index in [9.17, 15) is 9.59 Å². The summed E-state index contributed by atoms with van der Waals surface area (Å²) in [6.45, 7) is 2.76. The number of nitrogens with one attached hydrogen (secondary N) is 1. The fourth-order valence-corrected chi connectivity index (χ4v) is 0.641. The lowest BCUT2D eigenvalue weighted by Gasteiger charge is -2.15. The van der Waals surface area contributed by atoms with Crippen LogP contribution in [0, 0.1) is 16.7 Å². The van der Waals surface area contributed by atoms with Crippen LogP contribution in [-0.2, 0) is 14.3 Å². The highest BCUT2D eigenvalue weighted by molar-refractivity contribution is 5.77. The SMILES string of the molecule is CC(C)(C#N)CNC(=O)COCC(=O)O. The van der Waals surface area contributed by atoms with E-state index in [4.69, 9.17) is 10.4 Å². The molecule has 0 aliphatic rings. The second kappa shape index (κ2) is 5.98. The van der Waals surface area contributed by atoms with Crippen LogP contribution in [-0.4, -0.2) is 36.7 Å². The Morgan fingerprint density at radius 3 is 2.53 bits per heavy atom. The van der Waals surface area contributed by atoms with Crippen LogP contribution in [0.25, 0.3) is 0 Å². The van der Waals surface area contributed by atoms with E-state index in [0.29, 0.717) is 0 Å². The molecule has 0 radical (unpaired) electrons. The number of carboxylic acids is 1. The standard InChI is InChI=1S/C9H14N2O4/c1-9(2,5-10)6-11-7(12)3-15-4-8(13)14/h3-4,6H2,1-2H3,(H,11,12)(H,13,14). The summed E-state index contributed by atoms with van der Waals surface area (Å²) in [5.41, 5.74) is -0.636. The van der Waals surface area contributed by atoms with E-state index in [2.05, 4.69) is 10.1 Å². The molecule has 0 bridgehead atoms. The van der Waals surface area contributed by atoms with Crippen molar-refractivity contribution in [2.45, 2.75) is 13.8 Å². The normalized spacial score (nSPS) is 10.5. The Labute approximate surface area is 87.8 Å². The summed E-state index contributed by atoms with van der Waals surface area (Å²) in [6.07, 6.45) is 0. The first-order chi connectivity index (χ1) is 6.87. The second-order valence-corrected chi connectivity index (χ2v) is 3.66. The highest BCUT2D eigenvalue weighted by Crippen LogP contribution is 2.10. The molecule has 0 aliphatic carbocycles. The number of carbonyl (C=O) groups is 2. The van der Waals surface area contributed by atoms with Gasteiger partial charge >= 0.3 is 5.97 Å². The highest BCUT2D eigenvalue weighted by atomic mass is 16.5. The van der Waals surface area contributed by atoms with Crippen molar-refractivity contribution in [1.82, 2.24) is 5.32 Å². The van der Waals surface area contributed by atoms with E-state index >= 15 is 0 Å². The van der Waals surface area contributed by atoms with Crippen LogP contribution >= 0.6 is 0 Å². The van der Waals surface area contributed by atoms with Crippen molar-refractivity contribution in [1.29, 1.82) is 5.26 Å². The number of rotatable bonds is 6. The molecule has 1 amide bonds. The molecule has 6 heteroatoms. The summed E-state index contributed by atoms with van der Waals surface area (Å²) in [6, 6.07) is 2.02. The van der Waals surface area contributed by atoms with Gasteiger partial charge in [-0.1, -0.05) is 0 Å². The van der Waals surface area contributed by atoms with Crippen molar-refractivity contribution in [3.8, 4) is 6.07 Å². The molecule has 0 atom stereocenters. The summed E-state index contributed by atoms with van der Waals surface area (Å²) in [5, 5.41) is 19.3. The Bertz CT molecular complexity index is 280. The van der Waals surface area contributed by atoms with Crippen LogP contribution in [0.3, 0.4) is 0 Å². The van der Waals surface area contributed by atoms with Crippen LogP contribution in [0.5, 0.6) is 0 Å². The maximum Gasteiger partial charge on any atom is 0.329 e. The Morgan fingerprint density at radius 1 is 1.47 bits per heavy atom. The summed E-state index contributed by atoms with van der Waals surface area (Å²) in [5.74, 6) is -1.56. The summed E-state index contributed by atoms with van der Waals surface area (Å²) < 4.78 is 4.56. The Kier molecular flexibility index (Phi) is 5.34. The van der Waals surface area contributed by atoms with Gasteiger partial charge in [-0.15, -0.1) is 0 Å². The predicted octanol–water partition coefficient (Wildman–Crippen LogP) is -0.246. The van der Waals surface area contributed by atoms with Gasteiger partial charge in [0.15, 0.2) is 0 Å². The van der Waals surface area contributed by atoms with Gasteiger partial charge in [0, 0.05) is 6.54 Å². The van der Waals surface area contributed by atoms with Gasteiger partial charge < -0.3 is 15.2 Å². The first kappa shape index (κ1) is 13.4. The third kappa shape index (κ3) is 7.46. The minimum absolute atomic E-state index is 0.207. The lowest BCUT2D eigenvalue weighted by molar-refractivity contribution is -0.143. The van der Waals surface area contributed by atoms with Gasteiger partial charge in [0.25, 0.3) is 0 Å². The molecule has 0 unspecified atom stereocenters. The van der Waals surface area contributed by atoms with Gasteiger partial charge in [-0.05, 0) is 13.8 Å². The van der Waals surface area contributed by atoms with Crippen molar-refractivity contribution in [3.05, 3.63) is 0 Å². The summed E-state index contributed by atoms with van der Waals surface area (Å²) >= 11 is 0. The van der Waals surface area contributed by atoms with Crippen molar-refractivity contribution in [3.63, 3.8) is 0 Å². The zero-order valence-corrected chi connectivity index (χ0v) is 8.74. The molecular weight excluding hydrogens is 200 g/mol. The van der Waals surface area contributed by atoms with E-state index < -0.39 is 23.9 Å². The molecule has 0 aromatic heterocycles. The zero-order chi connectivity index (χ0) is 11.9. The van der Waals surface area contributed by atoms with E-state index in [-0.39, 0.29) is 13.2 Å². The summed E-state index contributed by atoms with van der Waals surface area (Å²) in [4.78, 5) is 21.1.